The van der Waals surface area contributed by atoms with Crippen LogP contribution in [0.25, 0.3) is 11.1 Å². The van der Waals surface area contributed by atoms with E-state index in [9.17, 15) is 4.39 Å². The zero-order valence-electron chi connectivity index (χ0n) is 16.3. The van der Waals surface area contributed by atoms with Crippen molar-refractivity contribution >= 4 is 0 Å². The average molecular weight is 340 g/mol. The fourth-order valence-electron chi connectivity index (χ4n) is 3.86. The van der Waals surface area contributed by atoms with Gasteiger partial charge in [0, 0.05) is 11.6 Å². The minimum atomic E-state index is -0.186. The van der Waals surface area contributed by atoms with Crippen LogP contribution in [-0.2, 0) is 18.3 Å². The monoisotopic (exact) mass is 340 g/mol. The third-order valence-electron chi connectivity index (χ3n) is 5.27. The smallest absolute Gasteiger partial charge is 0.130 e. The molecule has 134 valence electrons. The van der Waals surface area contributed by atoms with Gasteiger partial charge in [-0.3, -0.25) is 0 Å². The Morgan fingerprint density at radius 3 is 2.16 bits per heavy atom. The number of halogens is 1. The fraction of sp³-hybridized carbons (Fsp3) is 0.478. The predicted octanol–water partition coefficient (Wildman–Crippen LogP) is 6.41. The van der Waals surface area contributed by atoms with Gasteiger partial charge < -0.3 is 4.74 Å². The van der Waals surface area contributed by atoms with Gasteiger partial charge in [0.25, 0.3) is 0 Å². The van der Waals surface area contributed by atoms with Crippen LogP contribution in [-0.4, -0.2) is 7.11 Å². The number of methoxy groups -OCH3 is 1. The summed E-state index contributed by atoms with van der Waals surface area (Å²) in [6.07, 6.45) is 3.52. The third-order valence-corrected chi connectivity index (χ3v) is 5.27. The van der Waals surface area contributed by atoms with E-state index in [1.165, 1.54) is 28.7 Å². The Balaban J connectivity index is 2.30. The Kier molecular flexibility index (Phi) is 4.66. The van der Waals surface area contributed by atoms with Crippen molar-refractivity contribution in [3.05, 3.63) is 52.3 Å². The first-order valence-corrected chi connectivity index (χ1v) is 9.26. The van der Waals surface area contributed by atoms with Crippen molar-refractivity contribution in [3.63, 3.8) is 0 Å². The molecule has 0 saturated heterocycles. The molecule has 0 heterocycles. The summed E-state index contributed by atoms with van der Waals surface area (Å²) in [6.45, 7) is 10.8. The van der Waals surface area contributed by atoms with Gasteiger partial charge in [0.15, 0.2) is 0 Å². The Hall–Kier alpha value is -1.83. The zero-order chi connectivity index (χ0) is 18.4. The van der Waals surface area contributed by atoms with Gasteiger partial charge in [-0.15, -0.1) is 0 Å². The van der Waals surface area contributed by atoms with E-state index in [-0.39, 0.29) is 17.2 Å². The van der Waals surface area contributed by atoms with Crippen LogP contribution in [0.4, 0.5) is 4.39 Å². The van der Waals surface area contributed by atoms with Crippen LogP contribution in [0, 0.1) is 5.82 Å². The highest BCUT2D eigenvalue weighted by molar-refractivity contribution is 5.77. The number of hydrogen-bond donors (Lipinski definition) is 0. The molecule has 0 aliphatic heterocycles. The second-order valence-electron chi connectivity index (χ2n) is 8.50. The zero-order valence-corrected chi connectivity index (χ0v) is 16.3. The summed E-state index contributed by atoms with van der Waals surface area (Å²) in [4.78, 5) is 0. The Morgan fingerprint density at radius 2 is 1.60 bits per heavy atom. The molecular formula is C23H29FO. The lowest BCUT2D eigenvalue weighted by Gasteiger charge is -2.26. The highest BCUT2D eigenvalue weighted by Crippen LogP contribution is 2.42. The summed E-state index contributed by atoms with van der Waals surface area (Å²) in [6, 6.07) is 8.23. The Morgan fingerprint density at radius 1 is 0.960 bits per heavy atom. The molecule has 0 fully saturated rings. The van der Waals surface area contributed by atoms with Crippen molar-refractivity contribution in [2.45, 2.75) is 65.2 Å². The van der Waals surface area contributed by atoms with Crippen LogP contribution in [0.3, 0.4) is 0 Å². The van der Waals surface area contributed by atoms with Gasteiger partial charge in [-0.2, -0.15) is 0 Å². The van der Waals surface area contributed by atoms with Crippen LogP contribution < -0.4 is 4.74 Å². The van der Waals surface area contributed by atoms with Crippen molar-refractivity contribution in [2.75, 3.05) is 7.11 Å². The third kappa shape index (κ3) is 3.31. The van der Waals surface area contributed by atoms with Gasteiger partial charge in [-0.05, 0) is 64.5 Å². The van der Waals surface area contributed by atoms with E-state index >= 15 is 0 Å². The summed E-state index contributed by atoms with van der Waals surface area (Å²) in [5.74, 6) is 0.566. The molecule has 0 saturated carbocycles. The lowest BCUT2D eigenvalue weighted by Crippen LogP contribution is -2.14. The average Bonchev–Trinajstić information content (AvgIpc) is 2.99. The Labute approximate surface area is 151 Å². The molecule has 0 spiro atoms. The highest BCUT2D eigenvalue weighted by atomic mass is 19.1. The fourth-order valence-corrected chi connectivity index (χ4v) is 3.86. The molecule has 1 nitrogen and oxygen atoms in total. The molecule has 2 heteroatoms. The van der Waals surface area contributed by atoms with Crippen LogP contribution >= 0.6 is 0 Å². The number of benzene rings is 2. The second kappa shape index (κ2) is 6.48. The van der Waals surface area contributed by atoms with Gasteiger partial charge in [0.1, 0.15) is 11.6 Å². The molecule has 1 aliphatic carbocycles. The summed E-state index contributed by atoms with van der Waals surface area (Å²) in [5.41, 5.74) is 7.17. The topological polar surface area (TPSA) is 9.23 Å². The maximum Gasteiger partial charge on any atom is 0.130 e. The first-order valence-electron chi connectivity index (χ1n) is 9.26. The SMILES string of the molecule is COc1cc(F)c(C(C)C)cc1-c1cc2c(cc1C(C)(C)C)CCC2. The first-order chi connectivity index (χ1) is 11.7. The van der Waals surface area contributed by atoms with Crippen LogP contribution in [0.2, 0.25) is 0 Å². The van der Waals surface area contributed by atoms with Gasteiger partial charge in [-0.25, -0.2) is 4.39 Å². The largest absolute Gasteiger partial charge is 0.496 e. The quantitative estimate of drug-likeness (QED) is 0.627. The van der Waals surface area contributed by atoms with Crippen molar-refractivity contribution in [3.8, 4) is 16.9 Å². The molecule has 25 heavy (non-hydrogen) atoms. The Bertz CT molecular complexity index is 797. The molecule has 0 aromatic heterocycles. The van der Waals surface area contributed by atoms with E-state index in [4.69, 9.17) is 4.74 Å². The molecule has 2 aromatic carbocycles. The van der Waals surface area contributed by atoms with E-state index < -0.39 is 0 Å². The highest BCUT2D eigenvalue weighted by Gasteiger charge is 2.25. The van der Waals surface area contributed by atoms with Gasteiger partial charge in [0.05, 0.1) is 7.11 Å². The van der Waals surface area contributed by atoms with Crippen molar-refractivity contribution in [1.82, 2.24) is 0 Å². The number of fused-ring (bicyclic) bond motifs is 1. The van der Waals surface area contributed by atoms with Crippen molar-refractivity contribution in [2.24, 2.45) is 0 Å². The van der Waals surface area contributed by atoms with E-state index in [0.29, 0.717) is 5.75 Å². The number of rotatable bonds is 3. The molecule has 3 rings (SSSR count). The predicted molar refractivity (Wildman–Crippen MR) is 103 cm³/mol. The molecule has 2 aromatic rings. The maximum absolute atomic E-state index is 14.5. The summed E-state index contributed by atoms with van der Waals surface area (Å²) < 4.78 is 20.0. The molecule has 1 aliphatic rings. The number of aryl methyl sites for hydroxylation is 2. The van der Waals surface area contributed by atoms with Crippen LogP contribution in [0.15, 0.2) is 24.3 Å². The number of ether oxygens (including phenoxy) is 1. The van der Waals surface area contributed by atoms with E-state index in [1.54, 1.807) is 13.2 Å². The summed E-state index contributed by atoms with van der Waals surface area (Å²) >= 11 is 0. The first kappa shape index (κ1) is 18.0. The molecule has 0 amide bonds. The normalized spacial score (nSPS) is 14.1. The van der Waals surface area contributed by atoms with E-state index in [2.05, 4.69) is 32.9 Å². The molecule has 0 atom stereocenters. The molecule has 0 N–H and O–H groups in total. The molecule has 0 bridgehead atoms. The lowest BCUT2D eigenvalue weighted by molar-refractivity contribution is 0.412. The summed E-state index contributed by atoms with van der Waals surface area (Å²) in [7, 11) is 1.62. The minimum absolute atomic E-state index is 0.0182. The molecule has 0 unspecified atom stereocenters. The van der Waals surface area contributed by atoms with E-state index in [1.807, 2.05) is 19.9 Å². The maximum atomic E-state index is 14.5. The van der Waals surface area contributed by atoms with Crippen LogP contribution in [0.1, 0.15) is 69.2 Å². The van der Waals surface area contributed by atoms with Gasteiger partial charge >= 0.3 is 0 Å². The van der Waals surface area contributed by atoms with Crippen molar-refractivity contribution in [1.29, 1.82) is 0 Å². The van der Waals surface area contributed by atoms with Crippen LogP contribution in [0.5, 0.6) is 5.75 Å². The van der Waals surface area contributed by atoms with E-state index in [0.717, 1.165) is 24.0 Å². The van der Waals surface area contributed by atoms with Crippen molar-refractivity contribution < 1.29 is 9.13 Å². The lowest BCUT2D eigenvalue weighted by atomic mass is 9.79. The standard InChI is InChI=1S/C23H29FO/c1-14(2)17-12-19(22(25-6)13-21(17)24)18-10-15-8-7-9-16(15)11-20(18)23(3,4)5/h10-14H,7-9H2,1-6H3. The molecular weight excluding hydrogens is 311 g/mol. The van der Waals surface area contributed by atoms with Gasteiger partial charge in [-0.1, -0.05) is 46.8 Å². The molecule has 0 radical (unpaired) electrons. The summed E-state index contributed by atoms with van der Waals surface area (Å²) in [5, 5.41) is 0. The number of hydrogen-bond acceptors (Lipinski definition) is 1. The van der Waals surface area contributed by atoms with Gasteiger partial charge in [0.2, 0.25) is 0 Å². The minimum Gasteiger partial charge on any atom is -0.496 e. The second-order valence-corrected chi connectivity index (χ2v) is 8.50.